The van der Waals surface area contributed by atoms with E-state index in [0.29, 0.717) is 32.0 Å². The Morgan fingerprint density at radius 1 is 1.15 bits per heavy atom. The molecule has 170 valence electrons. The molecule has 2 aliphatic heterocycles. The van der Waals surface area contributed by atoms with Gasteiger partial charge in [0.2, 0.25) is 0 Å². The second-order valence-electron chi connectivity index (χ2n) is 10.1. The highest BCUT2D eigenvalue weighted by molar-refractivity contribution is 6.23. The van der Waals surface area contributed by atoms with Crippen LogP contribution < -0.4 is 5.32 Å². The van der Waals surface area contributed by atoms with E-state index in [-0.39, 0.29) is 17.8 Å². The number of benzene rings is 3. The topological polar surface area (TPSA) is 63.6 Å². The van der Waals surface area contributed by atoms with Gasteiger partial charge in [-0.05, 0) is 51.4 Å². The summed E-state index contributed by atoms with van der Waals surface area (Å²) in [6, 6.07) is 15.1. The number of Topliss-reactive ketones (excluding diaryl/α,β-unsaturated/α-hetero) is 1. The van der Waals surface area contributed by atoms with Crippen molar-refractivity contribution in [3.05, 3.63) is 70.3 Å². The van der Waals surface area contributed by atoms with E-state index < -0.39 is 0 Å². The quantitative estimate of drug-likeness (QED) is 0.379. The molecule has 7 rings (SSSR count). The number of aromatic nitrogens is 1. The largest absolute Gasteiger partial charge is 0.365 e. The molecule has 0 bridgehead atoms. The normalized spacial score (nSPS) is 17.9. The molecule has 1 saturated heterocycles. The van der Waals surface area contributed by atoms with Crippen molar-refractivity contribution in [2.75, 3.05) is 6.61 Å². The van der Waals surface area contributed by atoms with E-state index in [2.05, 4.69) is 66.2 Å². The lowest BCUT2D eigenvalue weighted by Crippen LogP contribution is -2.13. The molecule has 1 unspecified atom stereocenters. The fourth-order valence-electron chi connectivity index (χ4n) is 6.01. The zero-order valence-corrected chi connectivity index (χ0v) is 19.4. The molecule has 0 saturated carbocycles. The monoisotopic (exact) mass is 450 g/mol. The Bertz CT molecular complexity index is 1560. The van der Waals surface area contributed by atoms with Gasteiger partial charge in [-0.3, -0.25) is 9.59 Å². The summed E-state index contributed by atoms with van der Waals surface area (Å²) >= 11 is 0. The van der Waals surface area contributed by atoms with Gasteiger partial charge in [0, 0.05) is 42.2 Å². The van der Waals surface area contributed by atoms with Crippen molar-refractivity contribution in [1.29, 1.82) is 0 Å². The number of nitrogens with one attached hydrogen (secondary N) is 1. The second-order valence-corrected chi connectivity index (χ2v) is 10.1. The molecule has 1 fully saturated rings. The molecule has 1 atom stereocenters. The van der Waals surface area contributed by atoms with Crippen LogP contribution >= 0.6 is 0 Å². The van der Waals surface area contributed by atoms with Gasteiger partial charge in [-0.2, -0.15) is 0 Å². The molecule has 3 aromatic carbocycles. The minimum atomic E-state index is -0.231. The number of aryl methyl sites for hydroxylation is 1. The minimum Gasteiger partial charge on any atom is -0.365 e. The Morgan fingerprint density at radius 3 is 2.76 bits per heavy atom. The van der Waals surface area contributed by atoms with Crippen molar-refractivity contribution in [2.24, 2.45) is 0 Å². The number of amides is 1. The highest BCUT2D eigenvalue weighted by Gasteiger charge is 2.36. The lowest BCUT2D eigenvalue weighted by Gasteiger charge is -2.13. The zero-order chi connectivity index (χ0) is 23.1. The lowest BCUT2D eigenvalue weighted by molar-refractivity contribution is -0.120. The number of ether oxygens (including phenoxy) is 1. The fraction of sp³-hybridized carbons (Fsp3) is 0.310. The van der Waals surface area contributed by atoms with Gasteiger partial charge in [-0.1, -0.05) is 44.2 Å². The van der Waals surface area contributed by atoms with Crippen LogP contribution in [0.3, 0.4) is 0 Å². The molecule has 3 heterocycles. The van der Waals surface area contributed by atoms with Crippen LogP contribution in [-0.2, 0) is 29.0 Å². The predicted molar refractivity (Wildman–Crippen MR) is 132 cm³/mol. The van der Waals surface area contributed by atoms with Crippen molar-refractivity contribution in [1.82, 2.24) is 9.88 Å². The lowest BCUT2D eigenvalue weighted by atomic mass is 9.91. The van der Waals surface area contributed by atoms with Crippen molar-refractivity contribution in [3.8, 4) is 11.1 Å². The molecule has 5 nitrogen and oxygen atoms in total. The summed E-state index contributed by atoms with van der Waals surface area (Å²) in [4.78, 5) is 25.8. The predicted octanol–water partition coefficient (Wildman–Crippen LogP) is 5.09. The molecule has 0 spiro atoms. The molecule has 1 aliphatic carbocycles. The van der Waals surface area contributed by atoms with Gasteiger partial charge in [0.05, 0.1) is 17.7 Å². The number of epoxide rings is 1. The number of nitrogens with zero attached hydrogens (tertiary/aromatic N) is 1. The van der Waals surface area contributed by atoms with E-state index in [1.165, 1.54) is 27.8 Å². The van der Waals surface area contributed by atoms with Gasteiger partial charge < -0.3 is 14.6 Å². The van der Waals surface area contributed by atoms with Gasteiger partial charge in [0.1, 0.15) is 6.10 Å². The minimum absolute atomic E-state index is 0.00337. The van der Waals surface area contributed by atoms with Crippen LogP contribution in [0.5, 0.6) is 0 Å². The third-order valence-electron chi connectivity index (χ3n) is 7.78. The van der Waals surface area contributed by atoms with Crippen LogP contribution in [0.2, 0.25) is 0 Å². The zero-order valence-electron chi connectivity index (χ0n) is 19.4. The summed E-state index contributed by atoms with van der Waals surface area (Å²) < 4.78 is 7.53. The average molecular weight is 451 g/mol. The molecule has 1 amide bonds. The maximum absolute atomic E-state index is 13.2. The first-order valence-corrected chi connectivity index (χ1v) is 12.2. The standard InChI is InChI=1S/C29H26N2O3/c1-15(2)16-7-8-22-19(11-16)26-27-21(13-30-29(27)33)25-18-6-4-3-5-17(18)12-20(25)28(26)31(22)10-9-23(32)24-14-34-24/h3-8,11,15,24H,9-10,12-14H2,1-2H3,(H,30,33). The van der Waals surface area contributed by atoms with Gasteiger partial charge in [-0.15, -0.1) is 0 Å². The number of ketones is 1. The Balaban J connectivity index is 1.58. The smallest absolute Gasteiger partial charge is 0.252 e. The van der Waals surface area contributed by atoms with Crippen molar-refractivity contribution in [2.45, 2.75) is 51.8 Å². The third-order valence-corrected chi connectivity index (χ3v) is 7.78. The number of carbonyl (C=O) groups excluding carboxylic acids is 2. The van der Waals surface area contributed by atoms with Crippen LogP contribution in [0.4, 0.5) is 0 Å². The first-order chi connectivity index (χ1) is 16.5. The summed E-state index contributed by atoms with van der Waals surface area (Å²) in [5, 5.41) is 5.26. The molecule has 1 aromatic heterocycles. The maximum Gasteiger partial charge on any atom is 0.252 e. The number of carbonyl (C=O) groups is 2. The summed E-state index contributed by atoms with van der Waals surface area (Å²) in [6.45, 7) is 6.08. The maximum atomic E-state index is 13.2. The van der Waals surface area contributed by atoms with Gasteiger partial charge in [0.15, 0.2) is 5.78 Å². The van der Waals surface area contributed by atoms with Gasteiger partial charge >= 0.3 is 0 Å². The first kappa shape index (κ1) is 20.0. The van der Waals surface area contributed by atoms with Crippen LogP contribution in [-0.4, -0.2) is 29.0 Å². The molecule has 5 heteroatoms. The van der Waals surface area contributed by atoms with E-state index in [1.54, 1.807) is 0 Å². The molecule has 0 radical (unpaired) electrons. The Kier molecular flexibility index (Phi) is 4.13. The van der Waals surface area contributed by atoms with Gasteiger partial charge in [-0.25, -0.2) is 0 Å². The van der Waals surface area contributed by atoms with E-state index in [4.69, 9.17) is 4.74 Å². The Hall–Kier alpha value is -3.44. The number of rotatable bonds is 5. The number of hydrogen-bond donors (Lipinski definition) is 1. The molecule has 34 heavy (non-hydrogen) atoms. The SMILES string of the molecule is CC(C)c1ccc2c(c1)c1c3c(c4c(c1n2CCC(=O)C1CO1)Cc1ccccc1-4)CNC3=O. The second kappa shape index (κ2) is 7.03. The van der Waals surface area contributed by atoms with Crippen LogP contribution in [0.1, 0.15) is 58.8 Å². The first-order valence-electron chi connectivity index (χ1n) is 12.2. The van der Waals surface area contributed by atoms with E-state index in [9.17, 15) is 9.59 Å². The number of fused-ring (bicyclic) bond motifs is 10. The molecule has 3 aliphatic rings. The van der Waals surface area contributed by atoms with E-state index >= 15 is 0 Å². The average Bonchev–Trinajstić information content (AvgIpc) is 3.41. The van der Waals surface area contributed by atoms with Gasteiger partial charge in [0.25, 0.3) is 5.91 Å². The van der Waals surface area contributed by atoms with Crippen LogP contribution in [0, 0.1) is 0 Å². The Morgan fingerprint density at radius 2 is 1.97 bits per heavy atom. The third kappa shape index (κ3) is 2.70. The number of hydrogen-bond acceptors (Lipinski definition) is 3. The highest BCUT2D eigenvalue weighted by Crippen LogP contribution is 2.49. The Labute approximate surface area is 197 Å². The van der Waals surface area contributed by atoms with Crippen molar-refractivity contribution >= 4 is 33.5 Å². The summed E-state index contributed by atoms with van der Waals surface area (Å²) in [5.41, 5.74) is 10.4. The molecular formula is C29H26N2O3. The summed E-state index contributed by atoms with van der Waals surface area (Å²) in [6.07, 6.45) is 1.04. The fourth-order valence-corrected chi connectivity index (χ4v) is 6.01. The summed E-state index contributed by atoms with van der Waals surface area (Å²) in [7, 11) is 0. The molecule has 4 aromatic rings. The van der Waals surface area contributed by atoms with Crippen molar-refractivity contribution in [3.63, 3.8) is 0 Å². The highest BCUT2D eigenvalue weighted by atomic mass is 16.6. The molecular weight excluding hydrogens is 424 g/mol. The van der Waals surface area contributed by atoms with E-state index in [0.717, 1.165) is 39.4 Å². The van der Waals surface area contributed by atoms with E-state index in [1.807, 2.05) is 0 Å². The van der Waals surface area contributed by atoms with Crippen molar-refractivity contribution < 1.29 is 14.3 Å². The summed E-state index contributed by atoms with van der Waals surface area (Å²) in [5.74, 6) is 0.549. The van der Waals surface area contributed by atoms with Crippen LogP contribution in [0.15, 0.2) is 42.5 Å². The molecule has 1 N–H and O–H groups in total. The van der Waals surface area contributed by atoms with Crippen LogP contribution in [0.25, 0.3) is 32.9 Å².